The van der Waals surface area contributed by atoms with Crippen molar-refractivity contribution >= 4 is 16.5 Å². The van der Waals surface area contributed by atoms with E-state index in [2.05, 4.69) is 4.98 Å². The molecule has 0 atom stereocenters. The molecule has 0 saturated heterocycles. The molecule has 1 heterocycles. The first-order valence-electron chi connectivity index (χ1n) is 3.90. The van der Waals surface area contributed by atoms with Gasteiger partial charge in [-0.05, 0) is 12.1 Å². The maximum Gasteiger partial charge on any atom is 0.277 e. The monoisotopic (exact) mass is 190 g/mol. The molecular weight excluding hydrogens is 184 g/mol. The highest BCUT2D eigenvalue weighted by Gasteiger charge is 2.13. The van der Waals surface area contributed by atoms with Gasteiger partial charge in [0.15, 0.2) is 0 Å². The smallest absolute Gasteiger partial charge is 0.277 e. The Hall–Kier alpha value is -2.17. The molecule has 0 unspecified atom stereocenters. The number of nitro groups is 1. The summed E-state index contributed by atoms with van der Waals surface area (Å²) in [6.07, 6.45) is 2.85. The average Bonchev–Trinajstić information content (AvgIpc) is 2.18. The molecular formula is C9H6N2O3. The van der Waals surface area contributed by atoms with Crippen LogP contribution in [0.15, 0.2) is 30.6 Å². The van der Waals surface area contributed by atoms with Gasteiger partial charge in [0.1, 0.15) is 5.75 Å². The van der Waals surface area contributed by atoms with Crippen molar-refractivity contribution in [2.24, 2.45) is 0 Å². The molecule has 0 aliphatic rings. The van der Waals surface area contributed by atoms with Gasteiger partial charge >= 0.3 is 0 Å². The lowest BCUT2D eigenvalue weighted by molar-refractivity contribution is -0.383. The second-order valence-electron chi connectivity index (χ2n) is 2.78. The Morgan fingerprint density at radius 2 is 2.07 bits per heavy atom. The van der Waals surface area contributed by atoms with Crippen LogP contribution in [0.3, 0.4) is 0 Å². The van der Waals surface area contributed by atoms with Crippen LogP contribution in [-0.4, -0.2) is 15.0 Å². The Labute approximate surface area is 78.8 Å². The summed E-state index contributed by atoms with van der Waals surface area (Å²) in [6.45, 7) is 0. The van der Waals surface area contributed by atoms with Crippen molar-refractivity contribution in [1.29, 1.82) is 0 Å². The zero-order chi connectivity index (χ0) is 10.1. The summed E-state index contributed by atoms with van der Waals surface area (Å²) in [4.78, 5) is 13.9. The molecule has 2 aromatic rings. The molecule has 5 nitrogen and oxygen atoms in total. The number of hydrogen-bond donors (Lipinski definition) is 1. The van der Waals surface area contributed by atoms with Crippen LogP contribution in [0.1, 0.15) is 0 Å². The number of nitrogens with zero attached hydrogens (tertiary/aromatic N) is 2. The first kappa shape index (κ1) is 8.43. The van der Waals surface area contributed by atoms with Crippen LogP contribution in [0.2, 0.25) is 0 Å². The number of rotatable bonds is 1. The topological polar surface area (TPSA) is 76.3 Å². The van der Waals surface area contributed by atoms with E-state index in [0.717, 1.165) is 0 Å². The summed E-state index contributed by atoms with van der Waals surface area (Å²) in [6, 6.07) is 4.08. The third-order valence-corrected chi connectivity index (χ3v) is 1.97. The second-order valence-corrected chi connectivity index (χ2v) is 2.78. The van der Waals surface area contributed by atoms with E-state index in [1.807, 2.05) is 0 Å². The van der Waals surface area contributed by atoms with Crippen molar-refractivity contribution in [3.8, 4) is 5.75 Å². The van der Waals surface area contributed by atoms with Gasteiger partial charge in [0, 0.05) is 23.8 Å². The molecule has 0 radical (unpaired) electrons. The standard InChI is InChI=1S/C9H6N2O3/c12-9-2-1-8(11(13)14)6-3-4-10-5-7(6)9/h1-5,12H. The molecule has 0 amide bonds. The number of aromatic nitrogens is 1. The van der Waals surface area contributed by atoms with E-state index in [1.165, 1.54) is 30.6 Å². The fraction of sp³-hybridized carbons (Fsp3) is 0. The fourth-order valence-corrected chi connectivity index (χ4v) is 1.32. The summed E-state index contributed by atoms with van der Waals surface area (Å²) in [5.41, 5.74) is -0.0276. The second kappa shape index (κ2) is 2.95. The van der Waals surface area contributed by atoms with Crippen molar-refractivity contribution in [3.05, 3.63) is 40.7 Å². The molecule has 0 fully saturated rings. The number of phenolic OH excluding ortho intramolecular Hbond substituents is 1. The quantitative estimate of drug-likeness (QED) is 0.549. The van der Waals surface area contributed by atoms with Crippen LogP contribution in [0.5, 0.6) is 5.75 Å². The molecule has 0 aliphatic carbocycles. The normalized spacial score (nSPS) is 10.3. The number of benzene rings is 1. The molecule has 1 aromatic carbocycles. The van der Waals surface area contributed by atoms with E-state index >= 15 is 0 Å². The SMILES string of the molecule is O=[N+]([O-])c1ccc(O)c2cnccc12. The lowest BCUT2D eigenvalue weighted by Gasteiger charge is -2.00. The van der Waals surface area contributed by atoms with Gasteiger partial charge in [-0.15, -0.1) is 0 Å². The number of nitro benzene ring substituents is 1. The lowest BCUT2D eigenvalue weighted by Crippen LogP contribution is -1.89. The number of hydrogen-bond acceptors (Lipinski definition) is 4. The predicted molar refractivity (Wildman–Crippen MR) is 50.1 cm³/mol. The number of non-ortho nitro benzene ring substituents is 1. The fourth-order valence-electron chi connectivity index (χ4n) is 1.32. The minimum absolute atomic E-state index is 0.00120. The third kappa shape index (κ3) is 1.15. The van der Waals surface area contributed by atoms with Crippen LogP contribution in [0.25, 0.3) is 10.8 Å². The Morgan fingerprint density at radius 1 is 1.29 bits per heavy atom. The van der Waals surface area contributed by atoms with Gasteiger partial charge in [0.2, 0.25) is 0 Å². The Morgan fingerprint density at radius 3 is 2.79 bits per heavy atom. The predicted octanol–water partition coefficient (Wildman–Crippen LogP) is 1.85. The highest BCUT2D eigenvalue weighted by Crippen LogP contribution is 2.30. The maximum atomic E-state index is 10.6. The first-order chi connectivity index (χ1) is 6.70. The van der Waals surface area contributed by atoms with E-state index in [1.54, 1.807) is 0 Å². The summed E-state index contributed by atoms with van der Waals surface area (Å²) >= 11 is 0. The van der Waals surface area contributed by atoms with Crippen molar-refractivity contribution in [2.75, 3.05) is 0 Å². The number of pyridine rings is 1. The van der Waals surface area contributed by atoms with Crippen LogP contribution in [-0.2, 0) is 0 Å². The molecule has 5 heteroatoms. The van der Waals surface area contributed by atoms with E-state index < -0.39 is 4.92 Å². The highest BCUT2D eigenvalue weighted by atomic mass is 16.6. The number of phenols is 1. The molecule has 0 saturated carbocycles. The van der Waals surface area contributed by atoms with Crippen LogP contribution < -0.4 is 0 Å². The number of aromatic hydroxyl groups is 1. The molecule has 0 bridgehead atoms. The molecule has 0 spiro atoms. The molecule has 0 aliphatic heterocycles. The van der Waals surface area contributed by atoms with Crippen molar-refractivity contribution in [2.45, 2.75) is 0 Å². The van der Waals surface area contributed by atoms with Gasteiger partial charge in [-0.3, -0.25) is 15.1 Å². The first-order valence-corrected chi connectivity index (χ1v) is 3.90. The molecule has 2 rings (SSSR count). The van der Waals surface area contributed by atoms with E-state index in [-0.39, 0.29) is 11.4 Å². The minimum atomic E-state index is -0.484. The Bertz CT molecular complexity index is 510. The van der Waals surface area contributed by atoms with E-state index in [0.29, 0.717) is 10.8 Å². The van der Waals surface area contributed by atoms with Crippen molar-refractivity contribution < 1.29 is 10.0 Å². The summed E-state index contributed by atoms with van der Waals surface area (Å²) in [7, 11) is 0. The zero-order valence-corrected chi connectivity index (χ0v) is 7.04. The van der Waals surface area contributed by atoms with Gasteiger partial charge in [0.05, 0.1) is 10.3 Å². The van der Waals surface area contributed by atoms with Gasteiger partial charge < -0.3 is 5.11 Å². The van der Waals surface area contributed by atoms with Crippen molar-refractivity contribution in [1.82, 2.24) is 4.98 Å². The highest BCUT2D eigenvalue weighted by molar-refractivity contribution is 5.94. The average molecular weight is 190 g/mol. The lowest BCUT2D eigenvalue weighted by atomic mass is 10.1. The van der Waals surface area contributed by atoms with E-state index in [4.69, 9.17) is 0 Å². The minimum Gasteiger partial charge on any atom is -0.507 e. The Balaban J connectivity index is 2.88. The molecule has 70 valence electrons. The van der Waals surface area contributed by atoms with Crippen LogP contribution in [0, 0.1) is 10.1 Å². The maximum absolute atomic E-state index is 10.6. The van der Waals surface area contributed by atoms with Crippen LogP contribution in [0.4, 0.5) is 5.69 Å². The summed E-state index contributed by atoms with van der Waals surface area (Å²) in [5, 5.41) is 20.8. The van der Waals surface area contributed by atoms with Crippen LogP contribution >= 0.6 is 0 Å². The Kier molecular flexibility index (Phi) is 1.78. The third-order valence-electron chi connectivity index (χ3n) is 1.97. The number of fused-ring (bicyclic) bond motifs is 1. The zero-order valence-electron chi connectivity index (χ0n) is 7.04. The van der Waals surface area contributed by atoms with Gasteiger partial charge in [0.25, 0.3) is 5.69 Å². The summed E-state index contributed by atoms with van der Waals surface area (Å²) < 4.78 is 0. The molecule has 14 heavy (non-hydrogen) atoms. The summed E-state index contributed by atoms with van der Waals surface area (Å²) in [5.74, 6) is -0.00120. The van der Waals surface area contributed by atoms with E-state index in [9.17, 15) is 15.2 Å². The van der Waals surface area contributed by atoms with Gasteiger partial charge in [-0.1, -0.05) is 0 Å². The molecule has 1 aromatic heterocycles. The van der Waals surface area contributed by atoms with Crippen molar-refractivity contribution in [3.63, 3.8) is 0 Å². The van der Waals surface area contributed by atoms with Gasteiger partial charge in [-0.25, -0.2) is 0 Å². The molecule has 1 N–H and O–H groups in total. The largest absolute Gasteiger partial charge is 0.507 e. The van der Waals surface area contributed by atoms with Gasteiger partial charge in [-0.2, -0.15) is 0 Å².